The van der Waals surface area contributed by atoms with Crippen LogP contribution in [0.15, 0.2) is 67.0 Å². The number of alkyl halides is 3. The third kappa shape index (κ3) is 5.68. The Labute approximate surface area is 216 Å². The Bertz CT molecular complexity index is 1600. The van der Waals surface area contributed by atoms with Crippen LogP contribution in [-0.4, -0.2) is 57.3 Å². The van der Waals surface area contributed by atoms with E-state index >= 15 is 0 Å². The third-order valence-electron chi connectivity index (χ3n) is 6.06. The van der Waals surface area contributed by atoms with E-state index in [1.54, 1.807) is 34.9 Å². The number of anilines is 1. The molecule has 0 saturated carbocycles. The number of carbonyl (C=O) groups excluding carboxylic acids is 1. The Morgan fingerprint density at radius 2 is 1.87 bits per heavy atom. The van der Waals surface area contributed by atoms with Crippen molar-refractivity contribution in [2.24, 2.45) is 0 Å². The van der Waals surface area contributed by atoms with Crippen LogP contribution < -0.4 is 10.6 Å². The van der Waals surface area contributed by atoms with Gasteiger partial charge in [-0.3, -0.25) is 10.1 Å². The van der Waals surface area contributed by atoms with Gasteiger partial charge in [0.25, 0.3) is 5.91 Å². The average Bonchev–Trinajstić information content (AvgIpc) is 3.49. The van der Waals surface area contributed by atoms with Gasteiger partial charge in [0.1, 0.15) is 11.3 Å². The van der Waals surface area contributed by atoms with Crippen molar-refractivity contribution in [3.05, 3.63) is 83.8 Å². The van der Waals surface area contributed by atoms with Crippen molar-refractivity contribution >= 4 is 28.5 Å². The quantitative estimate of drug-likeness (QED) is 0.255. The molecule has 5 rings (SSSR count). The number of rotatable bonds is 8. The summed E-state index contributed by atoms with van der Waals surface area (Å²) >= 11 is 0. The van der Waals surface area contributed by atoms with Gasteiger partial charge in [0, 0.05) is 32.0 Å². The molecule has 5 aromatic rings. The molecule has 0 radical (unpaired) electrons. The molecular formula is C27H26F3N7O. The first-order chi connectivity index (χ1) is 18.2. The standard InChI is InChI=1S/C27H26F3N7O/c1-36(2)11-9-31-15-17-8-10-37-16-23(32-24(37)12-17)25(38)35-26-33-21-7-6-19(14-22(21)34-26)18-4-3-5-20(13-18)27(28,29)30/h3-8,10,12-14,16,31H,9,11,15H2,1-2H3,(H2,33,34,35,38). The fourth-order valence-corrected chi connectivity index (χ4v) is 4.07. The fourth-order valence-electron chi connectivity index (χ4n) is 4.07. The minimum absolute atomic E-state index is 0.217. The number of nitrogens with one attached hydrogen (secondary N) is 3. The van der Waals surface area contributed by atoms with Crippen molar-refractivity contribution in [2.45, 2.75) is 12.7 Å². The molecule has 0 aliphatic carbocycles. The first-order valence-corrected chi connectivity index (χ1v) is 12.0. The Hall–Kier alpha value is -4.22. The summed E-state index contributed by atoms with van der Waals surface area (Å²) < 4.78 is 41.1. The van der Waals surface area contributed by atoms with Crippen molar-refractivity contribution in [3.63, 3.8) is 0 Å². The van der Waals surface area contributed by atoms with E-state index in [1.807, 2.05) is 32.4 Å². The van der Waals surface area contributed by atoms with Gasteiger partial charge < -0.3 is 19.6 Å². The van der Waals surface area contributed by atoms with Crippen LogP contribution in [0.1, 0.15) is 21.6 Å². The number of amides is 1. The van der Waals surface area contributed by atoms with E-state index in [4.69, 9.17) is 0 Å². The maximum atomic E-state index is 13.1. The number of H-pyrrole nitrogens is 1. The van der Waals surface area contributed by atoms with Crippen molar-refractivity contribution in [1.29, 1.82) is 0 Å². The monoisotopic (exact) mass is 521 g/mol. The van der Waals surface area contributed by atoms with Crippen LogP contribution in [0.3, 0.4) is 0 Å². The van der Waals surface area contributed by atoms with Crippen molar-refractivity contribution in [2.75, 3.05) is 32.5 Å². The molecular weight excluding hydrogens is 495 g/mol. The second kappa shape index (κ2) is 10.3. The first-order valence-electron chi connectivity index (χ1n) is 12.0. The third-order valence-corrected chi connectivity index (χ3v) is 6.06. The smallest absolute Gasteiger partial charge is 0.324 e. The lowest BCUT2D eigenvalue weighted by molar-refractivity contribution is -0.137. The van der Waals surface area contributed by atoms with E-state index in [9.17, 15) is 18.0 Å². The molecule has 1 amide bonds. The molecule has 0 spiro atoms. The van der Waals surface area contributed by atoms with Crippen LogP contribution in [0.4, 0.5) is 19.1 Å². The van der Waals surface area contributed by atoms with E-state index in [-0.39, 0.29) is 11.6 Å². The lowest BCUT2D eigenvalue weighted by Gasteiger charge is -2.10. The molecule has 0 bridgehead atoms. The molecule has 0 fully saturated rings. The minimum atomic E-state index is -4.42. The highest BCUT2D eigenvalue weighted by atomic mass is 19.4. The second-order valence-electron chi connectivity index (χ2n) is 9.26. The van der Waals surface area contributed by atoms with Gasteiger partial charge >= 0.3 is 6.18 Å². The summed E-state index contributed by atoms with van der Waals surface area (Å²) in [5.41, 5.74) is 3.39. The maximum absolute atomic E-state index is 13.1. The molecule has 3 N–H and O–H groups in total. The molecule has 3 heterocycles. The molecule has 0 aliphatic rings. The number of likely N-dealkylation sites (N-methyl/N-ethyl adjacent to an activating group) is 1. The maximum Gasteiger partial charge on any atom is 0.416 e. The Morgan fingerprint density at radius 3 is 2.66 bits per heavy atom. The summed E-state index contributed by atoms with van der Waals surface area (Å²) in [5, 5.41) is 6.09. The number of pyridine rings is 1. The topological polar surface area (TPSA) is 90.4 Å². The SMILES string of the molecule is CN(C)CCNCc1ccn2cc(C(=O)Nc3nc4ccc(-c5cccc(C(F)(F)F)c5)cc4[nH]3)nc2c1. The van der Waals surface area contributed by atoms with Gasteiger partial charge in [-0.25, -0.2) is 9.97 Å². The second-order valence-corrected chi connectivity index (χ2v) is 9.26. The predicted molar refractivity (Wildman–Crippen MR) is 140 cm³/mol. The summed E-state index contributed by atoms with van der Waals surface area (Å²) in [6.07, 6.45) is -0.922. The van der Waals surface area contributed by atoms with Gasteiger partial charge in [-0.2, -0.15) is 13.2 Å². The lowest BCUT2D eigenvalue weighted by Crippen LogP contribution is -2.26. The van der Waals surface area contributed by atoms with E-state index in [1.165, 1.54) is 6.07 Å². The highest BCUT2D eigenvalue weighted by molar-refractivity contribution is 6.03. The van der Waals surface area contributed by atoms with Crippen molar-refractivity contribution in [3.8, 4) is 11.1 Å². The Balaban J connectivity index is 1.30. The predicted octanol–water partition coefficient (Wildman–Crippen LogP) is 4.80. The number of nitrogens with zero attached hydrogens (tertiary/aromatic N) is 4. The molecule has 0 saturated heterocycles. The number of aromatic nitrogens is 4. The van der Waals surface area contributed by atoms with Crippen LogP contribution in [0.5, 0.6) is 0 Å². The molecule has 38 heavy (non-hydrogen) atoms. The zero-order valence-electron chi connectivity index (χ0n) is 20.8. The lowest BCUT2D eigenvalue weighted by atomic mass is 10.0. The van der Waals surface area contributed by atoms with Crippen LogP contribution in [0, 0.1) is 0 Å². The Morgan fingerprint density at radius 1 is 1.05 bits per heavy atom. The fraction of sp³-hybridized carbons (Fsp3) is 0.222. The van der Waals surface area contributed by atoms with Gasteiger partial charge in [-0.05, 0) is 67.2 Å². The molecule has 0 aliphatic heterocycles. The summed E-state index contributed by atoms with van der Waals surface area (Å²) in [5.74, 6) is -0.217. The molecule has 0 unspecified atom stereocenters. The van der Waals surface area contributed by atoms with Gasteiger partial charge in [0.05, 0.1) is 16.6 Å². The zero-order valence-corrected chi connectivity index (χ0v) is 20.8. The molecule has 2 aromatic carbocycles. The Kier molecular flexibility index (Phi) is 6.87. The van der Waals surface area contributed by atoms with Crippen LogP contribution in [0.2, 0.25) is 0 Å². The highest BCUT2D eigenvalue weighted by Crippen LogP contribution is 2.33. The summed E-state index contributed by atoms with van der Waals surface area (Å²) in [6.45, 7) is 2.49. The van der Waals surface area contributed by atoms with Crippen molar-refractivity contribution in [1.82, 2.24) is 29.6 Å². The van der Waals surface area contributed by atoms with E-state index in [2.05, 4.69) is 30.5 Å². The van der Waals surface area contributed by atoms with Crippen LogP contribution >= 0.6 is 0 Å². The van der Waals surface area contributed by atoms with Gasteiger partial charge in [-0.15, -0.1) is 0 Å². The summed E-state index contributed by atoms with van der Waals surface area (Å²) in [7, 11) is 4.04. The number of hydrogen-bond donors (Lipinski definition) is 3. The van der Waals surface area contributed by atoms with E-state index in [0.29, 0.717) is 34.4 Å². The first kappa shape index (κ1) is 25.4. The molecule has 196 valence electrons. The van der Waals surface area contributed by atoms with Crippen molar-refractivity contribution < 1.29 is 18.0 Å². The average molecular weight is 522 g/mol. The minimum Gasteiger partial charge on any atom is -0.324 e. The van der Waals surface area contributed by atoms with E-state index in [0.717, 1.165) is 30.8 Å². The van der Waals surface area contributed by atoms with Crippen LogP contribution in [-0.2, 0) is 12.7 Å². The number of aromatic amines is 1. The number of benzene rings is 2. The number of carbonyl (C=O) groups is 1. The van der Waals surface area contributed by atoms with Gasteiger partial charge in [0.15, 0.2) is 0 Å². The summed E-state index contributed by atoms with van der Waals surface area (Å²) in [4.78, 5) is 26.8. The normalized spacial score (nSPS) is 12.1. The largest absolute Gasteiger partial charge is 0.416 e. The number of halogens is 3. The molecule has 0 atom stereocenters. The van der Waals surface area contributed by atoms with E-state index < -0.39 is 17.6 Å². The van der Waals surface area contributed by atoms with Gasteiger partial charge in [-0.1, -0.05) is 18.2 Å². The molecule has 8 nitrogen and oxygen atoms in total. The zero-order chi connectivity index (χ0) is 26.9. The number of fused-ring (bicyclic) bond motifs is 2. The number of imidazole rings is 2. The molecule has 11 heteroatoms. The number of hydrogen-bond acceptors (Lipinski definition) is 5. The molecule has 3 aromatic heterocycles. The highest BCUT2D eigenvalue weighted by Gasteiger charge is 2.30. The van der Waals surface area contributed by atoms with Gasteiger partial charge in [0.2, 0.25) is 5.95 Å². The van der Waals surface area contributed by atoms with Crippen LogP contribution in [0.25, 0.3) is 27.8 Å². The summed E-state index contributed by atoms with van der Waals surface area (Å²) in [6, 6.07) is 14.1.